The second-order valence-electron chi connectivity index (χ2n) is 8.86. The van der Waals surface area contributed by atoms with Crippen molar-refractivity contribution >= 4 is 49.8 Å². The molecule has 0 saturated carbocycles. The van der Waals surface area contributed by atoms with Crippen LogP contribution in [0.2, 0.25) is 0 Å². The van der Waals surface area contributed by atoms with E-state index in [9.17, 15) is 18.4 Å². The van der Waals surface area contributed by atoms with Crippen molar-refractivity contribution in [1.29, 1.82) is 0 Å². The number of benzene rings is 1. The fraction of sp³-hybridized carbons (Fsp3) is 0.333. The van der Waals surface area contributed by atoms with Crippen molar-refractivity contribution in [2.24, 2.45) is 4.36 Å². The number of rotatable bonds is 5. The van der Waals surface area contributed by atoms with Crippen LogP contribution in [0.1, 0.15) is 34.5 Å². The van der Waals surface area contributed by atoms with Crippen LogP contribution in [0.15, 0.2) is 52.3 Å². The van der Waals surface area contributed by atoms with E-state index in [0.717, 1.165) is 11.1 Å². The van der Waals surface area contributed by atoms with Gasteiger partial charge in [0, 0.05) is 30.9 Å². The summed E-state index contributed by atoms with van der Waals surface area (Å²) in [5, 5.41) is 5.05. The Morgan fingerprint density at radius 1 is 1.19 bits per heavy atom. The SMILES string of the molecule is CS(=O)(O)=NC1CCN(c2ncccc2NC(=O)c2csc(N3Cc4ccccc4CC3=O)n2)CC1. The molecule has 4 heterocycles. The minimum atomic E-state index is -3.13. The number of fused-ring (bicyclic) bond motifs is 1. The van der Waals surface area contributed by atoms with Gasteiger partial charge in [-0.3, -0.25) is 14.5 Å². The number of nitrogens with one attached hydrogen (secondary N) is 1. The van der Waals surface area contributed by atoms with Gasteiger partial charge in [-0.05, 0) is 36.1 Å². The van der Waals surface area contributed by atoms with Crippen LogP contribution in [0, 0.1) is 0 Å². The van der Waals surface area contributed by atoms with Crippen LogP contribution in [0.3, 0.4) is 0 Å². The molecule has 10 nitrogen and oxygen atoms in total. The molecule has 1 fully saturated rings. The number of pyridine rings is 1. The van der Waals surface area contributed by atoms with Crippen molar-refractivity contribution in [3.8, 4) is 0 Å². The van der Waals surface area contributed by atoms with Gasteiger partial charge in [0.1, 0.15) is 5.69 Å². The molecule has 3 aromatic rings. The van der Waals surface area contributed by atoms with Gasteiger partial charge in [-0.2, -0.15) is 0 Å². The topological polar surface area (TPSA) is 128 Å². The van der Waals surface area contributed by atoms with Crippen LogP contribution in [0.25, 0.3) is 0 Å². The number of amides is 2. The maximum absolute atomic E-state index is 13.0. The highest BCUT2D eigenvalue weighted by Crippen LogP contribution is 2.30. The Morgan fingerprint density at radius 3 is 2.69 bits per heavy atom. The van der Waals surface area contributed by atoms with E-state index in [1.807, 2.05) is 29.2 Å². The zero-order chi connectivity index (χ0) is 25.3. The minimum Gasteiger partial charge on any atom is -0.355 e. The van der Waals surface area contributed by atoms with E-state index in [1.165, 1.54) is 17.6 Å². The lowest BCUT2D eigenvalue weighted by Crippen LogP contribution is -2.36. The molecule has 1 saturated heterocycles. The maximum atomic E-state index is 13.0. The predicted octanol–water partition coefficient (Wildman–Crippen LogP) is 3.42. The van der Waals surface area contributed by atoms with E-state index in [-0.39, 0.29) is 23.6 Å². The van der Waals surface area contributed by atoms with Crippen LogP contribution in [-0.4, -0.2) is 55.9 Å². The number of hydrogen-bond donors (Lipinski definition) is 2. The van der Waals surface area contributed by atoms with Gasteiger partial charge in [0.25, 0.3) is 5.91 Å². The lowest BCUT2D eigenvalue weighted by Gasteiger charge is -2.32. The smallest absolute Gasteiger partial charge is 0.275 e. The number of thiazole rings is 1. The molecule has 0 radical (unpaired) electrons. The van der Waals surface area contributed by atoms with Crippen LogP contribution in [-0.2, 0) is 27.8 Å². The van der Waals surface area contributed by atoms with Gasteiger partial charge in [-0.1, -0.05) is 24.3 Å². The molecule has 2 aliphatic rings. The van der Waals surface area contributed by atoms with Crippen LogP contribution in [0.4, 0.5) is 16.6 Å². The van der Waals surface area contributed by atoms with Crippen molar-refractivity contribution in [3.63, 3.8) is 0 Å². The van der Waals surface area contributed by atoms with Crippen LogP contribution < -0.4 is 15.1 Å². The monoisotopic (exact) mass is 526 g/mol. The summed E-state index contributed by atoms with van der Waals surface area (Å²) >= 11 is 1.26. The number of carbonyl (C=O) groups is 2. The van der Waals surface area contributed by atoms with Crippen molar-refractivity contribution in [3.05, 3.63) is 64.8 Å². The Morgan fingerprint density at radius 2 is 1.94 bits per heavy atom. The highest BCUT2D eigenvalue weighted by molar-refractivity contribution is 7.87. The molecule has 0 bridgehead atoms. The Kier molecular flexibility index (Phi) is 6.73. The van der Waals surface area contributed by atoms with E-state index in [1.54, 1.807) is 28.6 Å². The van der Waals surface area contributed by atoms with E-state index < -0.39 is 10.0 Å². The molecule has 1 unspecified atom stereocenters. The van der Waals surface area contributed by atoms with Crippen molar-refractivity contribution in [2.45, 2.75) is 31.8 Å². The number of hydrogen-bond acceptors (Lipinski definition) is 8. The molecule has 2 aromatic heterocycles. The zero-order valence-corrected chi connectivity index (χ0v) is 21.3. The Labute approximate surface area is 213 Å². The van der Waals surface area contributed by atoms with Crippen molar-refractivity contribution < 1.29 is 18.4 Å². The maximum Gasteiger partial charge on any atom is 0.275 e. The average Bonchev–Trinajstić information content (AvgIpc) is 3.34. The average molecular weight is 527 g/mol. The highest BCUT2D eigenvalue weighted by Gasteiger charge is 2.27. The normalized spacial score (nSPS) is 17.9. The summed E-state index contributed by atoms with van der Waals surface area (Å²) in [5.41, 5.74) is 2.89. The van der Waals surface area contributed by atoms with Crippen LogP contribution in [0.5, 0.6) is 0 Å². The Hall–Kier alpha value is -3.35. The molecule has 12 heteroatoms. The predicted molar refractivity (Wildman–Crippen MR) is 140 cm³/mol. The summed E-state index contributed by atoms with van der Waals surface area (Å²) in [6.07, 6.45) is 4.44. The molecule has 1 atom stereocenters. The molecule has 0 spiro atoms. The van der Waals surface area contributed by atoms with Crippen LogP contribution >= 0.6 is 11.3 Å². The summed E-state index contributed by atoms with van der Waals surface area (Å²) in [7, 11) is -3.13. The summed E-state index contributed by atoms with van der Waals surface area (Å²) in [5.74, 6) is 0.205. The van der Waals surface area contributed by atoms with Gasteiger partial charge < -0.3 is 14.8 Å². The van der Waals surface area contributed by atoms with Gasteiger partial charge in [0.15, 0.2) is 21.0 Å². The summed E-state index contributed by atoms with van der Waals surface area (Å²) < 4.78 is 25.1. The lowest BCUT2D eigenvalue weighted by atomic mass is 10.00. The van der Waals surface area contributed by atoms with Gasteiger partial charge in [-0.15, -0.1) is 11.3 Å². The molecule has 2 N–H and O–H groups in total. The quantitative estimate of drug-likeness (QED) is 0.521. The van der Waals surface area contributed by atoms with Gasteiger partial charge in [0.05, 0.1) is 24.7 Å². The first kappa shape index (κ1) is 24.3. The fourth-order valence-corrected chi connectivity index (χ4v) is 6.05. The first-order valence-corrected chi connectivity index (χ1v) is 14.3. The summed E-state index contributed by atoms with van der Waals surface area (Å²) in [6.45, 7) is 1.63. The number of anilines is 3. The lowest BCUT2D eigenvalue weighted by molar-refractivity contribution is -0.118. The molecule has 2 aliphatic heterocycles. The molecule has 5 rings (SSSR count). The Balaban J connectivity index is 1.28. The second-order valence-corrected chi connectivity index (χ2v) is 11.4. The molecule has 188 valence electrons. The van der Waals surface area contributed by atoms with E-state index in [2.05, 4.69) is 19.6 Å². The highest BCUT2D eigenvalue weighted by atomic mass is 32.2. The number of nitrogens with zero attached hydrogens (tertiary/aromatic N) is 5. The number of aromatic nitrogens is 2. The number of carbonyl (C=O) groups excluding carboxylic acids is 2. The van der Waals surface area contributed by atoms with Gasteiger partial charge >= 0.3 is 0 Å². The second kappa shape index (κ2) is 9.96. The molecular weight excluding hydrogens is 500 g/mol. The molecule has 36 heavy (non-hydrogen) atoms. The van der Waals surface area contributed by atoms with Gasteiger partial charge in [0.2, 0.25) is 5.91 Å². The minimum absolute atomic E-state index is 0.0419. The molecule has 2 amide bonds. The number of piperidine rings is 1. The zero-order valence-electron chi connectivity index (χ0n) is 19.7. The first-order valence-electron chi connectivity index (χ1n) is 11.5. The van der Waals surface area contributed by atoms with E-state index >= 15 is 0 Å². The van der Waals surface area contributed by atoms with Crippen molar-refractivity contribution in [2.75, 3.05) is 34.5 Å². The largest absolute Gasteiger partial charge is 0.355 e. The van der Waals surface area contributed by atoms with Gasteiger partial charge in [-0.25, -0.2) is 18.5 Å². The summed E-state index contributed by atoms with van der Waals surface area (Å²) in [6, 6.07) is 11.2. The molecular formula is C24H26N6O4S2. The van der Waals surface area contributed by atoms with Crippen molar-refractivity contribution in [1.82, 2.24) is 9.97 Å². The molecule has 0 aliphatic carbocycles. The first-order chi connectivity index (χ1) is 17.3. The third kappa shape index (κ3) is 5.40. The Bertz CT molecular complexity index is 1420. The third-order valence-electron chi connectivity index (χ3n) is 6.19. The van der Waals surface area contributed by atoms with E-state index in [4.69, 9.17) is 0 Å². The standard InChI is InChI=1S/C24H26N6O4S2/c1-36(33,34)28-18-8-11-29(12-9-18)22-19(7-4-10-25-22)26-23(32)20-15-35-24(27-20)30-14-17-6-3-2-5-16(17)13-21(30)31/h2-7,10,15,18H,8-9,11-14H2,1H3,(H,26,32)(H,28,33,34). The fourth-order valence-electron chi connectivity index (χ4n) is 4.46. The molecule has 1 aromatic carbocycles. The van der Waals surface area contributed by atoms with E-state index in [0.29, 0.717) is 55.5 Å². The third-order valence-corrected chi connectivity index (χ3v) is 7.74. The summed E-state index contributed by atoms with van der Waals surface area (Å²) in [4.78, 5) is 38.3.